The maximum atomic E-state index is 13.3. The Morgan fingerprint density at radius 2 is 1.47 bits per heavy atom. The SMILES string of the molecule is O=C(Nc1cccc(C(=O)Nc2cccc(F)c2)c1)c1ccc(OCC2CC2)cc1. The van der Waals surface area contributed by atoms with Crippen LogP contribution in [-0.4, -0.2) is 18.4 Å². The molecule has 1 aliphatic rings. The van der Waals surface area contributed by atoms with Crippen LogP contribution in [0.3, 0.4) is 0 Å². The standard InChI is InChI=1S/C24H21FN2O3/c25-19-4-2-6-21(14-19)27-24(29)18-3-1-5-20(13-18)26-23(28)17-9-11-22(12-10-17)30-15-16-7-8-16/h1-6,9-14,16H,7-8,15H2,(H,26,28)(H,27,29). The highest BCUT2D eigenvalue weighted by atomic mass is 19.1. The van der Waals surface area contributed by atoms with Crippen molar-refractivity contribution >= 4 is 23.2 Å². The van der Waals surface area contributed by atoms with Crippen molar-refractivity contribution in [2.75, 3.05) is 17.2 Å². The Kier molecular flexibility index (Phi) is 5.75. The third-order valence-corrected chi connectivity index (χ3v) is 4.76. The van der Waals surface area contributed by atoms with Crippen molar-refractivity contribution < 1.29 is 18.7 Å². The average molecular weight is 404 g/mol. The summed E-state index contributed by atoms with van der Waals surface area (Å²) in [7, 11) is 0. The van der Waals surface area contributed by atoms with Gasteiger partial charge in [0.05, 0.1) is 6.61 Å². The molecule has 0 unspecified atom stereocenters. The lowest BCUT2D eigenvalue weighted by Gasteiger charge is -2.09. The average Bonchev–Trinajstić information content (AvgIpc) is 3.57. The first-order chi connectivity index (χ1) is 14.6. The molecule has 0 aliphatic heterocycles. The number of nitrogens with one attached hydrogen (secondary N) is 2. The smallest absolute Gasteiger partial charge is 0.255 e. The van der Waals surface area contributed by atoms with E-state index in [9.17, 15) is 14.0 Å². The highest BCUT2D eigenvalue weighted by Gasteiger charge is 2.21. The summed E-state index contributed by atoms with van der Waals surface area (Å²) in [5.74, 6) is 0.297. The van der Waals surface area contributed by atoms with Gasteiger partial charge in [-0.2, -0.15) is 0 Å². The largest absolute Gasteiger partial charge is 0.493 e. The molecular weight excluding hydrogens is 383 g/mol. The maximum Gasteiger partial charge on any atom is 0.255 e. The normalized spacial score (nSPS) is 12.8. The van der Waals surface area contributed by atoms with E-state index in [1.807, 2.05) is 0 Å². The van der Waals surface area contributed by atoms with Gasteiger partial charge in [0.25, 0.3) is 11.8 Å². The number of anilines is 2. The Labute approximate surface area is 173 Å². The van der Waals surface area contributed by atoms with Crippen molar-refractivity contribution in [3.05, 3.63) is 89.7 Å². The number of carbonyl (C=O) groups excluding carboxylic acids is 2. The number of halogens is 1. The van der Waals surface area contributed by atoms with Crippen molar-refractivity contribution in [2.24, 2.45) is 5.92 Å². The minimum Gasteiger partial charge on any atom is -0.493 e. The van der Waals surface area contributed by atoms with E-state index in [0.717, 1.165) is 12.4 Å². The number of benzene rings is 3. The zero-order valence-corrected chi connectivity index (χ0v) is 16.2. The number of amides is 2. The first-order valence-electron chi connectivity index (χ1n) is 9.78. The molecule has 3 aromatic rings. The van der Waals surface area contributed by atoms with Crippen LogP contribution in [0.1, 0.15) is 33.6 Å². The summed E-state index contributed by atoms with van der Waals surface area (Å²) in [5.41, 5.74) is 1.68. The van der Waals surface area contributed by atoms with Gasteiger partial charge < -0.3 is 15.4 Å². The van der Waals surface area contributed by atoms with E-state index in [2.05, 4.69) is 10.6 Å². The molecule has 30 heavy (non-hydrogen) atoms. The van der Waals surface area contributed by atoms with Crippen LogP contribution in [0.25, 0.3) is 0 Å². The van der Waals surface area contributed by atoms with Crippen molar-refractivity contribution in [3.63, 3.8) is 0 Å². The highest BCUT2D eigenvalue weighted by Crippen LogP contribution is 2.29. The first kappa shape index (κ1) is 19.6. The van der Waals surface area contributed by atoms with Crippen LogP contribution in [0.15, 0.2) is 72.8 Å². The van der Waals surface area contributed by atoms with E-state index in [4.69, 9.17) is 4.74 Å². The molecule has 0 atom stereocenters. The Balaban J connectivity index is 1.38. The zero-order chi connectivity index (χ0) is 20.9. The van der Waals surface area contributed by atoms with E-state index < -0.39 is 11.7 Å². The van der Waals surface area contributed by atoms with Gasteiger partial charge in [0.15, 0.2) is 0 Å². The predicted octanol–water partition coefficient (Wildman–Crippen LogP) is 5.12. The molecule has 6 heteroatoms. The summed E-state index contributed by atoms with van der Waals surface area (Å²) in [6, 6.07) is 19.2. The van der Waals surface area contributed by atoms with Crippen LogP contribution < -0.4 is 15.4 Å². The molecule has 0 bridgehead atoms. The van der Waals surface area contributed by atoms with Crippen LogP contribution in [0.2, 0.25) is 0 Å². The molecule has 1 aliphatic carbocycles. The van der Waals surface area contributed by atoms with Crippen molar-refractivity contribution in [1.29, 1.82) is 0 Å². The van der Waals surface area contributed by atoms with Gasteiger partial charge in [0.2, 0.25) is 0 Å². The minimum absolute atomic E-state index is 0.286. The van der Waals surface area contributed by atoms with Crippen molar-refractivity contribution in [2.45, 2.75) is 12.8 Å². The number of hydrogen-bond acceptors (Lipinski definition) is 3. The summed E-state index contributed by atoms with van der Waals surface area (Å²) in [6.45, 7) is 0.718. The third kappa shape index (κ3) is 5.23. The molecule has 0 aromatic heterocycles. The lowest BCUT2D eigenvalue weighted by molar-refractivity contribution is 0.101. The molecule has 152 valence electrons. The van der Waals surface area contributed by atoms with Gasteiger partial charge in [-0.15, -0.1) is 0 Å². The van der Waals surface area contributed by atoms with Crippen LogP contribution >= 0.6 is 0 Å². The van der Waals surface area contributed by atoms with Gasteiger partial charge >= 0.3 is 0 Å². The lowest BCUT2D eigenvalue weighted by Crippen LogP contribution is -2.14. The fourth-order valence-electron chi connectivity index (χ4n) is 2.91. The van der Waals surface area contributed by atoms with E-state index in [1.165, 1.54) is 31.0 Å². The summed E-state index contributed by atoms with van der Waals surface area (Å²) >= 11 is 0. The molecule has 5 nitrogen and oxygen atoms in total. The Bertz CT molecular complexity index is 1060. The zero-order valence-electron chi connectivity index (χ0n) is 16.2. The Morgan fingerprint density at radius 1 is 0.833 bits per heavy atom. The Hall–Kier alpha value is -3.67. The highest BCUT2D eigenvalue weighted by molar-refractivity contribution is 6.07. The molecular formula is C24H21FN2O3. The summed E-state index contributed by atoms with van der Waals surface area (Å²) in [5, 5.41) is 5.42. The monoisotopic (exact) mass is 404 g/mol. The van der Waals surface area contributed by atoms with Crippen molar-refractivity contribution in [1.82, 2.24) is 0 Å². The fraction of sp³-hybridized carbons (Fsp3) is 0.167. The fourth-order valence-corrected chi connectivity index (χ4v) is 2.91. The molecule has 1 saturated carbocycles. The second kappa shape index (κ2) is 8.78. The van der Waals surface area contributed by atoms with Crippen LogP contribution in [0.5, 0.6) is 5.75 Å². The van der Waals surface area contributed by atoms with Gasteiger partial charge in [0, 0.05) is 22.5 Å². The first-order valence-corrected chi connectivity index (χ1v) is 9.78. The van der Waals surface area contributed by atoms with E-state index in [1.54, 1.807) is 54.6 Å². The summed E-state index contributed by atoms with van der Waals surface area (Å²) in [4.78, 5) is 24.9. The molecule has 0 spiro atoms. The molecule has 1 fully saturated rings. The molecule has 0 radical (unpaired) electrons. The number of hydrogen-bond donors (Lipinski definition) is 2. The number of carbonyl (C=O) groups is 2. The summed E-state index contributed by atoms with van der Waals surface area (Å²) < 4.78 is 19.0. The molecule has 2 N–H and O–H groups in total. The number of rotatable bonds is 7. The molecule has 2 amide bonds. The van der Waals surface area contributed by atoms with E-state index in [0.29, 0.717) is 28.4 Å². The second-order valence-corrected chi connectivity index (χ2v) is 7.28. The van der Waals surface area contributed by atoms with Crippen LogP contribution in [0.4, 0.5) is 15.8 Å². The second-order valence-electron chi connectivity index (χ2n) is 7.28. The van der Waals surface area contributed by atoms with Crippen LogP contribution in [-0.2, 0) is 0 Å². The molecule has 0 heterocycles. The molecule has 0 saturated heterocycles. The molecule has 4 rings (SSSR count). The quantitative estimate of drug-likeness (QED) is 0.574. The molecule has 3 aromatic carbocycles. The summed E-state index contributed by atoms with van der Waals surface area (Å²) in [6.07, 6.45) is 2.44. The Morgan fingerprint density at radius 3 is 2.13 bits per heavy atom. The third-order valence-electron chi connectivity index (χ3n) is 4.76. The maximum absolute atomic E-state index is 13.3. The van der Waals surface area contributed by atoms with E-state index >= 15 is 0 Å². The minimum atomic E-state index is -0.433. The van der Waals surface area contributed by atoms with Gasteiger partial charge in [-0.1, -0.05) is 12.1 Å². The predicted molar refractivity (Wildman–Crippen MR) is 113 cm³/mol. The topological polar surface area (TPSA) is 67.4 Å². The van der Waals surface area contributed by atoms with Gasteiger partial charge in [-0.25, -0.2) is 4.39 Å². The lowest BCUT2D eigenvalue weighted by atomic mass is 10.1. The van der Waals surface area contributed by atoms with Gasteiger partial charge in [-0.05, 0) is 79.4 Å². The van der Waals surface area contributed by atoms with E-state index in [-0.39, 0.29) is 5.91 Å². The van der Waals surface area contributed by atoms with Gasteiger partial charge in [-0.3, -0.25) is 9.59 Å². The van der Waals surface area contributed by atoms with Crippen LogP contribution in [0, 0.1) is 11.7 Å². The van der Waals surface area contributed by atoms with Gasteiger partial charge in [0.1, 0.15) is 11.6 Å². The number of ether oxygens (including phenoxy) is 1. The van der Waals surface area contributed by atoms with Crippen molar-refractivity contribution in [3.8, 4) is 5.75 Å².